The topological polar surface area (TPSA) is 75.6 Å². The zero-order valence-electron chi connectivity index (χ0n) is 15.3. The second-order valence-corrected chi connectivity index (χ2v) is 8.84. The van der Waals surface area contributed by atoms with Gasteiger partial charge in [0.05, 0.1) is 9.93 Å². The van der Waals surface area contributed by atoms with Crippen LogP contribution in [0.4, 0.5) is 5.69 Å². The van der Waals surface area contributed by atoms with Crippen molar-refractivity contribution in [2.24, 2.45) is 4.40 Å². The first kappa shape index (κ1) is 20.3. The van der Waals surface area contributed by atoms with Crippen molar-refractivity contribution in [1.29, 1.82) is 0 Å². The lowest BCUT2D eigenvalue weighted by molar-refractivity contribution is 0.103. The van der Waals surface area contributed by atoms with Gasteiger partial charge < -0.3 is 5.32 Å². The average Bonchev–Trinajstić information content (AvgIpc) is 2.76. The van der Waals surface area contributed by atoms with Crippen LogP contribution in [0, 0.1) is 0 Å². The van der Waals surface area contributed by atoms with Gasteiger partial charge in [0, 0.05) is 21.8 Å². The summed E-state index contributed by atoms with van der Waals surface area (Å²) >= 11 is 12.4. The number of anilines is 1. The summed E-state index contributed by atoms with van der Waals surface area (Å²) in [5.41, 5.74) is 1.28. The number of sulfonamides is 1. The molecule has 150 valence electrons. The third-order valence-electron chi connectivity index (χ3n) is 4.45. The number of nitrogens with one attached hydrogen (secondary N) is 1. The Hall–Kier alpha value is -2.93. The van der Waals surface area contributed by atoms with E-state index >= 15 is 0 Å². The molecule has 1 N–H and O–H groups in total. The van der Waals surface area contributed by atoms with Crippen molar-refractivity contribution in [2.45, 2.75) is 4.90 Å². The minimum Gasteiger partial charge on any atom is -0.351 e. The maximum Gasteiger partial charge on any atom is 0.282 e. The number of Topliss-reactive ketones (excluding diaryl/α,β-unsaturated/α-hetero) is 1. The van der Waals surface area contributed by atoms with Gasteiger partial charge in [-0.15, -0.1) is 0 Å². The van der Waals surface area contributed by atoms with Crippen LogP contribution >= 0.6 is 23.2 Å². The Bertz CT molecular complexity index is 1300. The normalized spacial score (nSPS) is 15.3. The quantitative estimate of drug-likeness (QED) is 0.579. The monoisotopic (exact) mass is 456 g/mol. The highest BCUT2D eigenvalue weighted by Gasteiger charge is 2.31. The lowest BCUT2D eigenvalue weighted by atomic mass is 9.92. The molecule has 30 heavy (non-hydrogen) atoms. The van der Waals surface area contributed by atoms with Gasteiger partial charge in [-0.2, -0.15) is 12.8 Å². The molecule has 5 nitrogen and oxygen atoms in total. The van der Waals surface area contributed by atoms with Crippen molar-refractivity contribution < 1.29 is 13.2 Å². The van der Waals surface area contributed by atoms with Crippen LogP contribution in [0.2, 0.25) is 5.02 Å². The van der Waals surface area contributed by atoms with E-state index < -0.39 is 10.0 Å². The Morgan fingerprint density at radius 3 is 2.03 bits per heavy atom. The lowest BCUT2D eigenvalue weighted by Gasteiger charge is -2.21. The van der Waals surface area contributed by atoms with Crippen molar-refractivity contribution >= 4 is 50.4 Å². The minimum atomic E-state index is -4.04. The molecule has 1 aliphatic carbocycles. The Balaban J connectivity index is 1.87. The molecule has 0 saturated carbocycles. The van der Waals surface area contributed by atoms with Gasteiger partial charge >= 0.3 is 0 Å². The van der Waals surface area contributed by atoms with E-state index in [2.05, 4.69) is 9.71 Å². The fraction of sp³-hybridized carbons (Fsp3) is 0. The minimum absolute atomic E-state index is 0.00665. The molecule has 8 heteroatoms. The van der Waals surface area contributed by atoms with Crippen molar-refractivity contribution in [1.82, 2.24) is 0 Å². The largest absolute Gasteiger partial charge is 0.351 e. The third-order valence-corrected chi connectivity index (χ3v) is 6.36. The number of nitrogens with zero attached hydrogens (tertiary/aromatic N) is 1. The molecule has 0 saturated heterocycles. The first-order chi connectivity index (χ1) is 14.4. The van der Waals surface area contributed by atoms with E-state index in [0.717, 1.165) is 0 Å². The highest BCUT2D eigenvalue weighted by molar-refractivity contribution is 7.90. The molecule has 0 aromatic heterocycles. The number of rotatable bonds is 4. The Labute approximate surface area is 183 Å². The predicted octanol–water partition coefficient (Wildman–Crippen LogP) is 5.28. The van der Waals surface area contributed by atoms with Crippen LogP contribution in [0.5, 0.6) is 0 Å². The molecule has 1 aliphatic rings. The number of carbonyl (C=O) groups excluding carboxylic acids is 1. The van der Waals surface area contributed by atoms with E-state index in [0.29, 0.717) is 21.8 Å². The van der Waals surface area contributed by atoms with E-state index in [1.54, 1.807) is 66.7 Å². The number of hydrogen-bond acceptors (Lipinski definition) is 4. The molecule has 0 heterocycles. The first-order valence-electron chi connectivity index (χ1n) is 8.84. The second kappa shape index (κ2) is 8.07. The van der Waals surface area contributed by atoms with E-state index in [1.165, 1.54) is 12.1 Å². The highest BCUT2D eigenvalue weighted by atomic mass is 35.5. The standard InChI is InChI=1S/C22H14Cl2N2O3S/c23-14-10-12-15(13-11-14)25-21-19(24)20(17-8-4-5-9-18(17)22(21)27)26-30(28,29)16-6-2-1-3-7-16/h1-13,25H/b26-20-. The summed E-state index contributed by atoms with van der Waals surface area (Å²) in [5, 5.41) is 3.43. The molecular weight excluding hydrogens is 443 g/mol. The molecule has 0 spiro atoms. The average molecular weight is 457 g/mol. The number of allylic oxidation sites excluding steroid dienone is 2. The summed E-state index contributed by atoms with van der Waals surface area (Å²) in [6.07, 6.45) is 0. The number of halogens is 2. The van der Waals surface area contributed by atoms with Crippen molar-refractivity contribution in [3.8, 4) is 0 Å². The predicted molar refractivity (Wildman–Crippen MR) is 119 cm³/mol. The van der Waals surface area contributed by atoms with Crippen LogP contribution in [0.15, 0.2) is 98.9 Å². The van der Waals surface area contributed by atoms with E-state index in [-0.39, 0.29) is 27.1 Å². The van der Waals surface area contributed by atoms with Crippen molar-refractivity contribution in [2.75, 3.05) is 5.32 Å². The smallest absolute Gasteiger partial charge is 0.282 e. The van der Waals surface area contributed by atoms with Crippen LogP contribution in [0.3, 0.4) is 0 Å². The molecule has 0 fully saturated rings. The number of fused-ring (bicyclic) bond motifs is 1. The fourth-order valence-corrected chi connectivity index (χ4v) is 4.49. The third kappa shape index (κ3) is 3.89. The number of hydrogen-bond donors (Lipinski definition) is 1. The Morgan fingerprint density at radius 1 is 0.767 bits per heavy atom. The maximum absolute atomic E-state index is 13.0. The van der Waals surface area contributed by atoms with Crippen LogP contribution in [-0.2, 0) is 10.0 Å². The van der Waals surface area contributed by atoms with Gasteiger partial charge in [-0.3, -0.25) is 4.79 Å². The summed E-state index contributed by atoms with van der Waals surface area (Å²) in [7, 11) is -4.04. The Kier molecular flexibility index (Phi) is 5.47. The lowest BCUT2D eigenvalue weighted by Crippen LogP contribution is -2.25. The number of benzene rings is 3. The maximum atomic E-state index is 13.0. The molecule has 4 rings (SSSR count). The van der Waals surface area contributed by atoms with Crippen LogP contribution in [0.25, 0.3) is 0 Å². The number of ketones is 1. The molecule has 0 unspecified atom stereocenters. The van der Waals surface area contributed by atoms with Crippen LogP contribution < -0.4 is 5.32 Å². The highest BCUT2D eigenvalue weighted by Crippen LogP contribution is 2.31. The zero-order valence-corrected chi connectivity index (χ0v) is 17.7. The molecular formula is C22H14Cl2N2O3S. The van der Waals surface area contributed by atoms with Gasteiger partial charge in [0.15, 0.2) is 0 Å². The summed E-state index contributed by atoms with van der Waals surface area (Å²) < 4.78 is 29.7. The summed E-state index contributed by atoms with van der Waals surface area (Å²) in [4.78, 5) is 13.1. The zero-order chi connectivity index (χ0) is 21.3. The van der Waals surface area contributed by atoms with Gasteiger partial charge in [-0.05, 0) is 36.4 Å². The van der Waals surface area contributed by atoms with Crippen LogP contribution in [0.1, 0.15) is 15.9 Å². The second-order valence-electron chi connectivity index (χ2n) is 6.42. The summed E-state index contributed by atoms with van der Waals surface area (Å²) in [6, 6.07) is 21.1. The molecule has 0 aliphatic heterocycles. The first-order valence-corrected chi connectivity index (χ1v) is 11.0. The van der Waals surface area contributed by atoms with Crippen molar-refractivity contribution in [3.63, 3.8) is 0 Å². The van der Waals surface area contributed by atoms with Gasteiger partial charge in [-0.25, -0.2) is 0 Å². The number of carbonyl (C=O) groups is 1. The van der Waals surface area contributed by atoms with Gasteiger partial charge in [0.25, 0.3) is 10.0 Å². The van der Waals surface area contributed by atoms with E-state index in [9.17, 15) is 13.2 Å². The molecule has 3 aromatic carbocycles. The molecule has 0 amide bonds. The summed E-state index contributed by atoms with van der Waals surface area (Å²) in [6.45, 7) is 0. The van der Waals surface area contributed by atoms with Gasteiger partial charge in [0.1, 0.15) is 11.4 Å². The Morgan fingerprint density at radius 2 is 1.37 bits per heavy atom. The van der Waals surface area contributed by atoms with E-state index in [4.69, 9.17) is 23.2 Å². The summed E-state index contributed by atoms with van der Waals surface area (Å²) in [5.74, 6) is -0.360. The molecule has 0 radical (unpaired) electrons. The van der Waals surface area contributed by atoms with Gasteiger partial charge in [0.2, 0.25) is 5.78 Å². The van der Waals surface area contributed by atoms with Gasteiger partial charge in [-0.1, -0.05) is 65.7 Å². The van der Waals surface area contributed by atoms with Crippen molar-refractivity contribution in [3.05, 3.63) is 106 Å². The van der Waals surface area contributed by atoms with Crippen LogP contribution in [-0.4, -0.2) is 19.9 Å². The fourth-order valence-electron chi connectivity index (χ4n) is 3.00. The molecule has 0 bridgehead atoms. The molecule has 3 aromatic rings. The SMILES string of the molecule is O=C1C(Nc2ccc(Cl)cc2)=C(Cl)/C(=N\S(=O)(=O)c2ccccc2)c2ccccc21. The van der Waals surface area contributed by atoms with E-state index in [1.807, 2.05) is 0 Å². The molecule has 0 atom stereocenters.